The number of allylic oxidation sites excluding steroid dienone is 2. The van der Waals surface area contributed by atoms with Gasteiger partial charge in [0.1, 0.15) is 0 Å². The van der Waals surface area contributed by atoms with Gasteiger partial charge in [0, 0.05) is 45.1 Å². The van der Waals surface area contributed by atoms with E-state index in [-0.39, 0.29) is 22.9 Å². The summed E-state index contributed by atoms with van der Waals surface area (Å²) in [7, 11) is -3.79. The highest BCUT2D eigenvalue weighted by atomic mass is 35.5. The summed E-state index contributed by atoms with van der Waals surface area (Å²) >= 11 is 14.5. The molecule has 1 unspecified atom stereocenters. The second-order valence-electron chi connectivity index (χ2n) is 6.89. The maximum absolute atomic E-state index is 12.7. The van der Waals surface area contributed by atoms with Crippen molar-refractivity contribution in [2.75, 3.05) is 12.5 Å². The van der Waals surface area contributed by atoms with Gasteiger partial charge in [0.25, 0.3) is 0 Å². The first-order valence-electron chi connectivity index (χ1n) is 8.97. The molecule has 1 atom stereocenters. The fourth-order valence-corrected chi connectivity index (χ4v) is 5.59. The van der Waals surface area contributed by atoms with E-state index in [4.69, 9.17) is 23.2 Å². The standard InChI is InChI=1S/C21H20Cl2N2O3S2/c1-29-16-9-8-15(24-13-16)10-19(26)25-21(30(2,27)28)11-17(22)20(18(23)12-21)14-6-4-3-5-7-14/h3-9,11,13H,10,12H2,1-2H3,(H,25,26). The summed E-state index contributed by atoms with van der Waals surface area (Å²) in [6.07, 6.45) is 5.84. The number of rotatable bonds is 6. The van der Waals surface area contributed by atoms with Gasteiger partial charge in [-0.1, -0.05) is 53.5 Å². The lowest BCUT2D eigenvalue weighted by Gasteiger charge is -2.34. The average molecular weight is 483 g/mol. The molecule has 1 aromatic heterocycles. The Morgan fingerprint density at radius 1 is 1.20 bits per heavy atom. The Labute approximate surface area is 190 Å². The fraction of sp³-hybridized carbons (Fsp3) is 0.238. The molecule has 0 radical (unpaired) electrons. The van der Waals surface area contributed by atoms with E-state index in [1.807, 2.05) is 42.7 Å². The van der Waals surface area contributed by atoms with Crippen LogP contribution >= 0.6 is 35.0 Å². The van der Waals surface area contributed by atoms with Gasteiger partial charge in [-0.05, 0) is 30.0 Å². The van der Waals surface area contributed by atoms with E-state index in [1.54, 1.807) is 24.0 Å². The van der Waals surface area contributed by atoms with Gasteiger partial charge in [0.15, 0.2) is 14.7 Å². The van der Waals surface area contributed by atoms with Crippen molar-refractivity contribution >= 4 is 56.3 Å². The Morgan fingerprint density at radius 3 is 2.43 bits per heavy atom. The van der Waals surface area contributed by atoms with E-state index < -0.39 is 20.6 Å². The van der Waals surface area contributed by atoms with Crippen LogP contribution in [0.4, 0.5) is 0 Å². The van der Waals surface area contributed by atoms with Crippen molar-refractivity contribution in [3.05, 3.63) is 76.1 Å². The van der Waals surface area contributed by atoms with Gasteiger partial charge in [-0.2, -0.15) is 0 Å². The molecular weight excluding hydrogens is 463 g/mol. The number of nitrogens with one attached hydrogen (secondary N) is 1. The molecule has 1 aromatic carbocycles. The zero-order chi connectivity index (χ0) is 21.9. The minimum absolute atomic E-state index is 0.0652. The molecule has 2 aromatic rings. The number of carbonyl (C=O) groups is 1. The summed E-state index contributed by atoms with van der Waals surface area (Å²) < 4.78 is 25.4. The zero-order valence-electron chi connectivity index (χ0n) is 16.4. The molecule has 1 N–H and O–H groups in total. The van der Waals surface area contributed by atoms with Crippen molar-refractivity contribution in [1.82, 2.24) is 10.3 Å². The largest absolute Gasteiger partial charge is 0.333 e. The Balaban J connectivity index is 1.89. The van der Waals surface area contributed by atoms with Crippen LogP contribution in [-0.4, -0.2) is 36.7 Å². The van der Waals surface area contributed by atoms with Gasteiger partial charge in [0.05, 0.1) is 6.42 Å². The molecule has 30 heavy (non-hydrogen) atoms. The van der Waals surface area contributed by atoms with Crippen LogP contribution in [0.2, 0.25) is 0 Å². The van der Waals surface area contributed by atoms with Gasteiger partial charge in [-0.25, -0.2) is 8.42 Å². The Morgan fingerprint density at radius 2 is 1.90 bits per heavy atom. The van der Waals surface area contributed by atoms with E-state index >= 15 is 0 Å². The first-order valence-corrected chi connectivity index (χ1v) is 12.8. The molecule has 9 heteroatoms. The summed E-state index contributed by atoms with van der Waals surface area (Å²) in [5, 5.41) is 3.07. The summed E-state index contributed by atoms with van der Waals surface area (Å²) in [6, 6.07) is 12.8. The quantitative estimate of drug-likeness (QED) is 0.618. The zero-order valence-corrected chi connectivity index (χ0v) is 19.5. The number of carbonyl (C=O) groups excluding carboxylic acids is 1. The van der Waals surface area contributed by atoms with E-state index in [0.717, 1.165) is 16.7 Å². The number of thioether (sulfide) groups is 1. The van der Waals surface area contributed by atoms with Gasteiger partial charge in [-0.15, -0.1) is 11.8 Å². The first kappa shape index (κ1) is 22.9. The highest BCUT2D eigenvalue weighted by Gasteiger charge is 2.44. The van der Waals surface area contributed by atoms with Crippen LogP contribution in [-0.2, 0) is 21.1 Å². The predicted octanol–water partition coefficient (Wildman–Crippen LogP) is 4.38. The van der Waals surface area contributed by atoms with Crippen molar-refractivity contribution in [3.63, 3.8) is 0 Å². The smallest absolute Gasteiger partial charge is 0.227 e. The Hall–Kier alpha value is -1.80. The van der Waals surface area contributed by atoms with Crippen molar-refractivity contribution in [2.45, 2.75) is 22.6 Å². The molecule has 1 aliphatic rings. The molecule has 5 nitrogen and oxygen atoms in total. The lowest BCUT2D eigenvalue weighted by atomic mass is 9.96. The molecule has 0 saturated carbocycles. The Kier molecular flexibility index (Phi) is 6.97. The van der Waals surface area contributed by atoms with Crippen molar-refractivity contribution in [2.24, 2.45) is 0 Å². The maximum Gasteiger partial charge on any atom is 0.227 e. The van der Waals surface area contributed by atoms with Crippen molar-refractivity contribution in [1.29, 1.82) is 0 Å². The van der Waals surface area contributed by atoms with Crippen LogP contribution in [0.5, 0.6) is 0 Å². The van der Waals surface area contributed by atoms with E-state index in [1.165, 1.54) is 6.08 Å². The number of hydrogen-bond acceptors (Lipinski definition) is 5. The molecule has 0 bridgehead atoms. The maximum atomic E-state index is 12.7. The SMILES string of the molecule is CSc1ccc(CC(=O)NC2(S(C)(=O)=O)C=C(Cl)C(c3ccccc3)=C(Cl)C2)nc1. The molecule has 0 spiro atoms. The van der Waals surface area contributed by atoms with Crippen molar-refractivity contribution in [3.8, 4) is 0 Å². The normalized spacial score (nSPS) is 19.4. The van der Waals surface area contributed by atoms with Crippen LogP contribution in [0.25, 0.3) is 5.57 Å². The van der Waals surface area contributed by atoms with Crippen LogP contribution in [0.1, 0.15) is 17.7 Å². The highest BCUT2D eigenvalue weighted by Crippen LogP contribution is 2.42. The lowest BCUT2D eigenvalue weighted by Crippen LogP contribution is -2.54. The van der Waals surface area contributed by atoms with Gasteiger partial charge in [-0.3, -0.25) is 9.78 Å². The number of nitrogens with zero attached hydrogens (tertiary/aromatic N) is 1. The minimum Gasteiger partial charge on any atom is -0.333 e. The summed E-state index contributed by atoms with van der Waals surface area (Å²) in [6.45, 7) is 0. The van der Waals surface area contributed by atoms with Gasteiger partial charge >= 0.3 is 0 Å². The minimum atomic E-state index is -3.79. The third-order valence-corrected chi connectivity index (χ3v) is 7.76. The number of halogens is 2. The van der Waals surface area contributed by atoms with Gasteiger partial charge in [0.2, 0.25) is 5.91 Å². The molecule has 3 rings (SSSR count). The monoisotopic (exact) mass is 482 g/mol. The number of aromatic nitrogens is 1. The summed E-state index contributed by atoms with van der Waals surface area (Å²) in [4.78, 5) is 16.2. The number of hydrogen-bond donors (Lipinski definition) is 1. The topological polar surface area (TPSA) is 76.1 Å². The van der Waals surface area contributed by atoms with Crippen LogP contribution in [0.3, 0.4) is 0 Å². The van der Waals surface area contributed by atoms with Crippen LogP contribution in [0, 0.1) is 0 Å². The molecule has 0 saturated heterocycles. The molecule has 158 valence electrons. The second-order valence-corrected chi connectivity index (χ2v) is 10.9. The first-order chi connectivity index (χ1) is 14.1. The molecule has 1 aliphatic carbocycles. The molecule has 1 heterocycles. The molecule has 0 fully saturated rings. The van der Waals surface area contributed by atoms with Crippen LogP contribution < -0.4 is 5.32 Å². The third kappa shape index (κ3) is 4.91. The number of amides is 1. The van der Waals surface area contributed by atoms with E-state index in [2.05, 4.69) is 10.3 Å². The average Bonchev–Trinajstić information content (AvgIpc) is 2.68. The van der Waals surface area contributed by atoms with Gasteiger partial charge < -0.3 is 5.32 Å². The molecule has 0 aliphatic heterocycles. The third-order valence-electron chi connectivity index (χ3n) is 4.74. The number of sulfone groups is 1. The predicted molar refractivity (Wildman–Crippen MR) is 123 cm³/mol. The van der Waals surface area contributed by atoms with E-state index in [0.29, 0.717) is 11.3 Å². The summed E-state index contributed by atoms with van der Waals surface area (Å²) in [5.74, 6) is -0.488. The van der Waals surface area contributed by atoms with Crippen LogP contribution in [0.15, 0.2) is 69.7 Å². The fourth-order valence-electron chi connectivity index (χ4n) is 3.17. The summed E-state index contributed by atoms with van der Waals surface area (Å²) in [5.41, 5.74) is 1.86. The second kappa shape index (κ2) is 9.14. The number of pyridine rings is 1. The van der Waals surface area contributed by atoms with Crippen molar-refractivity contribution < 1.29 is 13.2 Å². The number of benzene rings is 1. The highest BCUT2D eigenvalue weighted by molar-refractivity contribution is 7.98. The van der Waals surface area contributed by atoms with E-state index in [9.17, 15) is 13.2 Å². The lowest BCUT2D eigenvalue weighted by molar-refractivity contribution is -0.121. The Bertz CT molecular complexity index is 1110. The molecular formula is C21H20Cl2N2O3S2. The molecule has 1 amide bonds.